The Bertz CT molecular complexity index is 1180. The predicted molar refractivity (Wildman–Crippen MR) is 118 cm³/mol. The van der Waals surface area contributed by atoms with Gasteiger partial charge in [0, 0.05) is 43.6 Å². The van der Waals surface area contributed by atoms with Crippen LogP contribution in [0.5, 0.6) is 5.75 Å². The Morgan fingerprint density at radius 2 is 1.68 bits per heavy atom. The molecular weight excluding hydrogens is 416 g/mol. The molecule has 0 atom stereocenters. The summed E-state index contributed by atoms with van der Waals surface area (Å²) in [7, 11) is -3.74. The van der Waals surface area contributed by atoms with Gasteiger partial charge in [0.25, 0.3) is 5.91 Å². The van der Waals surface area contributed by atoms with Gasteiger partial charge in [-0.1, -0.05) is 24.3 Å². The van der Waals surface area contributed by atoms with Crippen molar-refractivity contribution in [3.05, 3.63) is 78.5 Å². The summed E-state index contributed by atoms with van der Waals surface area (Å²) in [6.45, 7) is 1.88. The summed E-state index contributed by atoms with van der Waals surface area (Å²) in [5.74, 6) is -0.714. The number of nitrogens with zero attached hydrogens (tertiary/aromatic N) is 3. The molecule has 4 rings (SSSR count). The van der Waals surface area contributed by atoms with Crippen LogP contribution in [0.15, 0.2) is 77.8 Å². The van der Waals surface area contributed by atoms with Gasteiger partial charge in [-0.05, 0) is 42.5 Å². The second-order valence-corrected chi connectivity index (χ2v) is 9.02. The SMILES string of the molecule is O=C(Nc1ncccc1O)c1cccc(S(=O)(=O)N2CCN(c3ccccc3)CC2)c1. The number of amides is 1. The van der Waals surface area contributed by atoms with Crippen LogP contribution in [-0.4, -0.2) is 54.9 Å². The van der Waals surface area contributed by atoms with Crippen LogP contribution in [0.2, 0.25) is 0 Å². The zero-order valence-corrected chi connectivity index (χ0v) is 17.5. The predicted octanol–water partition coefficient (Wildman–Crippen LogP) is 2.55. The van der Waals surface area contributed by atoms with Crippen LogP contribution in [0.4, 0.5) is 11.5 Å². The first-order valence-corrected chi connectivity index (χ1v) is 11.2. The summed E-state index contributed by atoms with van der Waals surface area (Å²) in [6, 6.07) is 18.7. The molecule has 2 aromatic carbocycles. The van der Waals surface area contributed by atoms with Crippen LogP contribution in [0.1, 0.15) is 10.4 Å². The Labute approximate surface area is 180 Å². The lowest BCUT2D eigenvalue weighted by Gasteiger charge is -2.35. The summed E-state index contributed by atoms with van der Waals surface area (Å²) in [5.41, 5.74) is 1.23. The average molecular weight is 439 g/mol. The topological polar surface area (TPSA) is 103 Å². The fourth-order valence-electron chi connectivity index (χ4n) is 3.45. The van der Waals surface area contributed by atoms with E-state index in [1.54, 1.807) is 0 Å². The summed E-state index contributed by atoms with van der Waals surface area (Å²) in [6.07, 6.45) is 1.44. The van der Waals surface area contributed by atoms with Crippen molar-refractivity contribution in [2.75, 3.05) is 36.4 Å². The number of aromatic hydroxyl groups is 1. The first kappa shape index (κ1) is 20.8. The van der Waals surface area contributed by atoms with Gasteiger partial charge >= 0.3 is 0 Å². The van der Waals surface area contributed by atoms with Crippen molar-refractivity contribution in [1.29, 1.82) is 0 Å². The third-order valence-corrected chi connectivity index (χ3v) is 7.01. The van der Waals surface area contributed by atoms with Crippen molar-refractivity contribution in [2.24, 2.45) is 0 Å². The maximum absolute atomic E-state index is 13.1. The molecule has 1 saturated heterocycles. The van der Waals surface area contributed by atoms with E-state index in [2.05, 4.69) is 15.2 Å². The zero-order chi connectivity index (χ0) is 21.8. The number of nitrogens with one attached hydrogen (secondary N) is 1. The number of sulfonamides is 1. The number of pyridine rings is 1. The molecule has 0 radical (unpaired) electrons. The number of carbonyl (C=O) groups is 1. The third-order valence-electron chi connectivity index (χ3n) is 5.11. The average Bonchev–Trinajstić information content (AvgIpc) is 2.81. The Morgan fingerprint density at radius 1 is 0.935 bits per heavy atom. The van der Waals surface area contributed by atoms with Gasteiger partial charge in [0.1, 0.15) is 0 Å². The van der Waals surface area contributed by atoms with Gasteiger partial charge in [0.05, 0.1) is 4.90 Å². The number of hydrogen-bond donors (Lipinski definition) is 2. The minimum absolute atomic E-state index is 0.0118. The van der Waals surface area contributed by atoms with E-state index >= 15 is 0 Å². The van der Waals surface area contributed by atoms with E-state index in [0.29, 0.717) is 26.2 Å². The fourth-order valence-corrected chi connectivity index (χ4v) is 4.91. The third kappa shape index (κ3) is 4.52. The second kappa shape index (κ2) is 8.75. The number of hydrogen-bond acceptors (Lipinski definition) is 6. The molecule has 3 aromatic rings. The van der Waals surface area contributed by atoms with Crippen LogP contribution in [-0.2, 0) is 10.0 Å². The molecule has 1 amide bonds. The largest absolute Gasteiger partial charge is 0.504 e. The summed E-state index contributed by atoms with van der Waals surface area (Å²) in [4.78, 5) is 18.7. The van der Waals surface area contributed by atoms with E-state index in [0.717, 1.165) is 5.69 Å². The van der Waals surface area contributed by atoms with Crippen molar-refractivity contribution in [3.8, 4) is 5.75 Å². The maximum Gasteiger partial charge on any atom is 0.256 e. The lowest BCUT2D eigenvalue weighted by Crippen LogP contribution is -2.48. The van der Waals surface area contributed by atoms with Crippen molar-refractivity contribution in [3.63, 3.8) is 0 Å². The number of anilines is 2. The van der Waals surface area contributed by atoms with E-state index in [4.69, 9.17) is 0 Å². The van der Waals surface area contributed by atoms with Gasteiger partial charge in [0.15, 0.2) is 11.6 Å². The highest BCUT2D eigenvalue weighted by Gasteiger charge is 2.29. The lowest BCUT2D eigenvalue weighted by molar-refractivity contribution is 0.102. The highest BCUT2D eigenvalue weighted by atomic mass is 32.2. The molecular formula is C22H22N4O4S. The minimum atomic E-state index is -3.74. The Balaban J connectivity index is 1.48. The molecule has 0 spiro atoms. The van der Waals surface area contributed by atoms with E-state index < -0.39 is 15.9 Å². The van der Waals surface area contributed by atoms with Crippen LogP contribution in [0.25, 0.3) is 0 Å². The molecule has 2 heterocycles. The number of carbonyl (C=O) groups excluding carboxylic acids is 1. The van der Waals surface area contributed by atoms with E-state index in [9.17, 15) is 18.3 Å². The fraction of sp³-hybridized carbons (Fsp3) is 0.182. The molecule has 2 N–H and O–H groups in total. The molecule has 1 fully saturated rings. The summed E-state index contributed by atoms with van der Waals surface area (Å²) >= 11 is 0. The highest BCUT2D eigenvalue weighted by molar-refractivity contribution is 7.89. The quantitative estimate of drug-likeness (QED) is 0.635. The van der Waals surface area contributed by atoms with Gasteiger partial charge in [-0.3, -0.25) is 4.79 Å². The first-order chi connectivity index (χ1) is 14.9. The van der Waals surface area contributed by atoms with E-state index in [1.807, 2.05) is 30.3 Å². The molecule has 1 aliphatic heterocycles. The zero-order valence-electron chi connectivity index (χ0n) is 16.7. The molecule has 1 aliphatic rings. The summed E-state index contributed by atoms with van der Waals surface area (Å²) in [5, 5.41) is 12.3. The Hall–Kier alpha value is -3.43. The first-order valence-electron chi connectivity index (χ1n) is 9.81. The van der Waals surface area contributed by atoms with Gasteiger partial charge in [-0.2, -0.15) is 4.31 Å². The molecule has 0 aliphatic carbocycles. The number of para-hydroxylation sites is 1. The van der Waals surface area contributed by atoms with Gasteiger partial charge in [0.2, 0.25) is 10.0 Å². The monoisotopic (exact) mass is 438 g/mol. The van der Waals surface area contributed by atoms with E-state index in [-0.39, 0.29) is 22.0 Å². The number of piperazine rings is 1. The Morgan fingerprint density at radius 3 is 2.39 bits per heavy atom. The van der Waals surface area contributed by atoms with Gasteiger partial charge in [-0.15, -0.1) is 0 Å². The molecule has 160 valence electrons. The van der Waals surface area contributed by atoms with Crippen LogP contribution in [0, 0.1) is 0 Å². The highest BCUT2D eigenvalue weighted by Crippen LogP contribution is 2.23. The summed E-state index contributed by atoms with van der Waals surface area (Å²) < 4.78 is 27.7. The molecule has 1 aromatic heterocycles. The smallest absolute Gasteiger partial charge is 0.256 e. The lowest BCUT2D eigenvalue weighted by atomic mass is 10.2. The van der Waals surface area contributed by atoms with Crippen LogP contribution in [0.3, 0.4) is 0 Å². The van der Waals surface area contributed by atoms with E-state index in [1.165, 1.54) is 46.9 Å². The second-order valence-electron chi connectivity index (χ2n) is 7.08. The Kier molecular flexibility index (Phi) is 5.88. The number of rotatable bonds is 5. The van der Waals surface area contributed by atoms with Crippen LogP contribution >= 0.6 is 0 Å². The molecule has 31 heavy (non-hydrogen) atoms. The molecule has 0 saturated carbocycles. The molecule has 9 heteroatoms. The molecule has 8 nitrogen and oxygen atoms in total. The number of benzene rings is 2. The van der Waals surface area contributed by atoms with Crippen molar-refractivity contribution in [1.82, 2.24) is 9.29 Å². The normalized spacial score (nSPS) is 14.9. The standard InChI is InChI=1S/C22H22N4O4S/c27-20-10-5-11-23-21(20)24-22(28)17-6-4-9-19(16-17)31(29,30)26-14-12-25(13-15-26)18-7-2-1-3-8-18/h1-11,16,27H,12-15H2,(H,23,24,28). The van der Waals surface area contributed by atoms with Crippen molar-refractivity contribution < 1.29 is 18.3 Å². The van der Waals surface area contributed by atoms with Gasteiger partial charge < -0.3 is 15.3 Å². The maximum atomic E-state index is 13.1. The molecule has 0 bridgehead atoms. The van der Waals surface area contributed by atoms with Crippen LogP contribution < -0.4 is 10.2 Å². The molecule has 0 unspecified atom stereocenters. The van der Waals surface area contributed by atoms with Crippen molar-refractivity contribution >= 4 is 27.4 Å². The minimum Gasteiger partial charge on any atom is -0.504 e. The van der Waals surface area contributed by atoms with Gasteiger partial charge in [-0.25, -0.2) is 13.4 Å². The van der Waals surface area contributed by atoms with Crippen molar-refractivity contribution in [2.45, 2.75) is 4.90 Å². The number of aromatic nitrogens is 1.